The second-order valence-corrected chi connectivity index (χ2v) is 6.46. The molecular weight excluding hydrogens is 399 g/mol. The van der Waals surface area contributed by atoms with Crippen molar-refractivity contribution in [2.45, 2.75) is 58.7 Å². The minimum absolute atomic E-state index is 0.293. The zero-order valence-electron chi connectivity index (χ0n) is 13.3. The highest BCUT2D eigenvalue weighted by molar-refractivity contribution is 14.1. The van der Waals surface area contributed by atoms with Crippen LogP contribution in [0.3, 0.4) is 0 Å². The molecule has 5 nitrogen and oxygen atoms in total. The van der Waals surface area contributed by atoms with E-state index in [4.69, 9.17) is 14.2 Å². The van der Waals surface area contributed by atoms with Gasteiger partial charge in [0.1, 0.15) is 9.34 Å². The van der Waals surface area contributed by atoms with Gasteiger partial charge in [-0.3, -0.25) is 0 Å². The number of hydrogen-bond donors (Lipinski definition) is 0. The Hall–Kier alpha value is -1.05. The highest BCUT2D eigenvalue weighted by atomic mass is 127. The lowest BCUT2D eigenvalue weighted by Crippen LogP contribution is -2.35. The Balaban J connectivity index is 2.26. The van der Waals surface area contributed by atoms with Crippen LogP contribution in [0.4, 0.5) is 0 Å². The number of allylic oxidation sites excluding steroid dienone is 2. The highest BCUT2D eigenvalue weighted by Gasteiger charge is 2.34. The Morgan fingerprint density at radius 1 is 1.27 bits per heavy atom. The van der Waals surface area contributed by atoms with Gasteiger partial charge in [0, 0.05) is 26.3 Å². The van der Waals surface area contributed by atoms with Crippen molar-refractivity contribution in [2.75, 3.05) is 6.61 Å². The molecule has 1 aliphatic heterocycles. The van der Waals surface area contributed by atoms with Crippen LogP contribution in [-0.2, 0) is 23.8 Å². The van der Waals surface area contributed by atoms with E-state index in [0.717, 1.165) is 32.1 Å². The number of carbonyl (C=O) groups is 2. The molecule has 0 radical (unpaired) electrons. The van der Waals surface area contributed by atoms with Gasteiger partial charge in [-0.15, -0.1) is 0 Å². The van der Waals surface area contributed by atoms with Crippen LogP contribution in [0.5, 0.6) is 0 Å². The number of esters is 2. The summed E-state index contributed by atoms with van der Waals surface area (Å²) in [6.45, 7) is 5.64. The van der Waals surface area contributed by atoms with Crippen molar-refractivity contribution >= 4 is 34.5 Å². The van der Waals surface area contributed by atoms with E-state index in [9.17, 15) is 9.59 Å². The van der Waals surface area contributed by atoms with Gasteiger partial charge in [0.15, 0.2) is 0 Å². The van der Waals surface area contributed by atoms with E-state index in [2.05, 4.69) is 0 Å². The van der Waals surface area contributed by atoms with Gasteiger partial charge >= 0.3 is 11.9 Å². The van der Waals surface area contributed by atoms with E-state index in [1.165, 1.54) is 6.08 Å². The number of rotatable bonds is 8. The van der Waals surface area contributed by atoms with Gasteiger partial charge in [-0.25, -0.2) is 9.59 Å². The Morgan fingerprint density at radius 3 is 2.68 bits per heavy atom. The van der Waals surface area contributed by atoms with Crippen LogP contribution in [0.25, 0.3) is 0 Å². The number of hydrogen-bond acceptors (Lipinski definition) is 5. The summed E-state index contributed by atoms with van der Waals surface area (Å²) in [6.07, 6.45) is 7.77. The third kappa shape index (κ3) is 6.81. The van der Waals surface area contributed by atoms with Gasteiger partial charge in [0.2, 0.25) is 5.79 Å². The zero-order valence-corrected chi connectivity index (χ0v) is 15.5. The van der Waals surface area contributed by atoms with Crippen LogP contribution in [0.1, 0.15) is 52.9 Å². The van der Waals surface area contributed by atoms with Crippen LogP contribution in [0.2, 0.25) is 0 Å². The van der Waals surface area contributed by atoms with Crippen LogP contribution in [0.15, 0.2) is 21.5 Å². The molecule has 0 aromatic carbocycles. The maximum absolute atomic E-state index is 11.7. The second kappa shape index (κ2) is 9.17. The minimum atomic E-state index is -0.885. The first-order chi connectivity index (χ1) is 10.4. The SMILES string of the molecule is CCOC(=O)/C=C/CCCCCC1=C(I)C(=O)OC(C)(C)O1. The molecule has 0 N–H and O–H groups in total. The molecule has 22 heavy (non-hydrogen) atoms. The number of unbranched alkanes of at least 4 members (excludes halogenated alkanes) is 3. The van der Waals surface area contributed by atoms with E-state index >= 15 is 0 Å². The van der Waals surface area contributed by atoms with Crippen LogP contribution in [0, 0.1) is 0 Å². The average molecular weight is 422 g/mol. The van der Waals surface area contributed by atoms with Gasteiger partial charge in [-0.2, -0.15) is 0 Å². The number of carbonyl (C=O) groups excluding carboxylic acids is 2. The smallest absolute Gasteiger partial charge is 0.351 e. The molecule has 124 valence electrons. The summed E-state index contributed by atoms with van der Waals surface area (Å²) in [5.41, 5.74) is 0. The lowest BCUT2D eigenvalue weighted by Gasteiger charge is -2.32. The predicted octanol–water partition coefficient (Wildman–Crippen LogP) is 4.01. The quantitative estimate of drug-likeness (QED) is 0.256. The topological polar surface area (TPSA) is 61.8 Å². The fourth-order valence-electron chi connectivity index (χ4n) is 2.00. The molecule has 0 amide bonds. The van der Waals surface area contributed by atoms with E-state index in [0.29, 0.717) is 15.9 Å². The van der Waals surface area contributed by atoms with E-state index in [-0.39, 0.29) is 11.9 Å². The molecule has 0 saturated carbocycles. The lowest BCUT2D eigenvalue weighted by molar-refractivity contribution is -0.206. The molecule has 0 fully saturated rings. The Morgan fingerprint density at radius 2 is 2.00 bits per heavy atom. The van der Waals surface area contributed by atoms with E-state index in [1.54, 1.807) is 20.8 Å². The van der Waals surface area contributed by atoms with Crippen molar-refractivity contribution in [3.05, 3.63) is 21.5 Å². The van der Waals surface area contributed by atoms with Gasteiger partial charge in [0.05, 0.1) is 6.61 Å². The van der Waals surface area contributed by atoms with Crippen LogP contribution >= 0.6 is 22.6 Å². The minimum Gasteiger partial charge on any atom is -0.463 e. The van der Waals surface area contributed by atoms with Gasteiger partial charge in [-0.1, -0.05) is 12.5 Å². The summed E-state index contributed by atoms with van der Waals surface area (Å²) in [4.78, 5) is 22.8. The monoisotopic (exact) mass is 422 g/mol. The van der Waals surface area contributed by atoms with Crippen LogP contribution < -0.4 is 0 Å². The maximum atomic E-state index is 11.7. The van der Waals surface area contributed by atoms with Crippen LogP contribution in [-0.4, -0.2) is 24.3 Å². The molecule has 0 aliphatic carbocycles. The first-order valence-electron chi connectivity index (χ1n) is 7.50. The molecule has 0 aromatic rings. The first kappa shape index (κ1) is 19.0. The van der Waals surface area contributed by atoms with Gasteiger partial charge < -0.3 is 14.2 Å². The molecule has 0 spiro atoms. The predicted molar refractivity (Wildman–Crippen MR) is 91.2 cm³/mol. The summed E-state index contributed by atoms with van der Waals surface area (Å²) in [5.74, 6) is -0.782. The van der Waals surface area contributed by atoms with E-state index < -0.39 is 5.79 Å². The maximum Gasteiger partial charge on any atom is 0.351 e. The van der Waals surface area contributed by atoms with Crippen molar-refractivity contribution in [1.82, 2.24) is 0 Å². The van der Waals surface area contributed by atoms with E-state index in [1.807, 2.05) is 28.7 Å². The molecule has 6 heteroatoms. The zero-order chi connectivity index (χ0) is 16.6. The number of cyclic esters (lactones) is 1. The average Bonchev–Trinajstić information content (AvgIpc) is 2.42. The van der Waals surface area contributed by atoms with Crippen molar-refractivity contribution in [2.24, 2.45) is 0 Å². The highest BCUT2D eigenvalue weighted by Crippen LogP contribution is 2.32. The Labute approximate surface area is 145 Å². The Kier molecular flexibility index (Phi) is 7.92. The third-order valence-electron chi connectivity index (χ3n) is 2.95. The van der Waals surface area contributed by atoms with Gasteiger partial charge in [0.25, 0.3) is 0 Å². The van der Waals surface area contributed by atoms with Crippen molar-refractivity contribution < 1.29 is 23.8 Å². The van der Waals surface area contributed by atoms with Crippen molar-refractivity contribution in [3.63, 3.8) is 0 Å². The standard InChI is InChI=1S/C16H23IO5/c1-4-20-13(18)11-9-7-5-6-8-10-12-14(17)15(19)22-16(2,3)21-12/h9,11H,4-8,10H2,1-3H3/b11-9+. The molecule has 1 aliphatic rings. The molecule has 0 aromatic heterocycles. The molecule has 0 atom stereocenters. The normalized spacial score (nSPS) is 17.4. The first-order valence-corrected chi connectivity index (χ1v) is 8.58. The molecule has 0 saturated heterocycles. The lowest BCUT2D eigenvalue weighted by atomic mass is 10.1. The summed E-state index contributed by atoms with van der Waals surface area (Å²) in [7, 11) is 0. The number of ether oxygens (including phenoxy) is 3. The fourth-order valence-corrected chi connectivity index (χ4v) is 2.49. The molecule has 1 rings (SSSR count). The Bertz CT molecular complexity index is 465. The summed E-state index contributed by atoms with van der Waals surface area (Å²) >= 11 is 1.97. The molecule has 0 bridgehead atoms. The third-order valence-corrected chi connectivity index (χ3v) is 3.99. The van der Waals surface area contributed by atoms with Crippen molar-refractivity contribution in [1.29, 1.82) is 0 Å². The van der Waals surface area contributed by atoms with Gasteiger partial charge in [-0.05, 0) is 48.8 Å². The largest absolute Gasteiger partial charge is 0.463 e. The molecule has 0 unspecified atom stereocenters. The number of halogens is 1. The summed E-state index contributed by atoms with van der Waals surface area (Å²) in [5, 5.41) is 0. The molecule has 1 heterocycles. The fraction of sp³-hybridized carbons (Fsp3) is 0.625. The summed E-state index contributed by atoms with van der Waals surface area (Å²) < 4.78 is 16.2. The second-order valence-electron chi connectivity index (χ2n) is 5.38. The summed E-state index contributed by atoms with van der Waals surface area (Å²) in [6, 6.07) is 0. The molecular formula is C16H23IO5. The van der Waals surface area contributed by atoms with Crippen molar-refractivity contribution in [3.8, 4) is 0 Å².